The summed E-state index contributed by atoms with van der Waals surface area (Å²) in [6.45, 7) is 0.994. The van der Waals surface area contributed by atoms with E-state index in [1.54, 1.807) is 6.08 Å². The molecule has 2 N–H and O–H groups in total. The predicted molar refractivity (Wildman–Crippen MR) is 90.7 cm³/mol. The second-order valence-electron chi connectivity index (χ2n) is 5.36. The lowest BCUT2D eigenvalue weighted by atomic mass is 10.1. The molecule has 0 amide bonds. The van der Waals surface area contributed by atoms with Crippen LogP contribution >= 0.6 is 0 Å². The van der Waals surface area contributed by atoms with Crippen molar-refractivity contribution in [1.29, 1.82) is 0 Å². The zero-order valence-electron chi connectivity index (χ0n) is 12.5. The summed E-state index contributed by atoms with van der Waals surface area (Å²) in [5.41, 5.74) is 2.19. The van der Waals surface area contributed by atoms with Gasteiger partial charge in [-0.25, -0.2) is 0 Å². The van der Waals surface area contributed by atoms with Gasteiger partial charge >= 0.3 is 0 Å². The van der Waals surface area contributed by atoms with Crippen LogP contribution < -0.4 is 4.90 Å². The first-order chi connectivity index (χ1) is 11.1. The van der Waals surface area contributed by atoms with Gasteiger partial charge in [0.1, 0.15) is 11.5 Å². The molecule has 0 aliphatic carbocycles. The van der Waals surface area contributed by atoms with E-state index in [0.29, 0.717) is 0 Å². The molecule has 0 spiro atoms. The van der Waals surface area contributed by atoms with Gasteiger partial charge in [0.2, 0.25) is 0 Å². The highest BCUT2D eigenvalue weighted by molar-refractivity contribution is 6.08. The van der Waals surface area contributed by atoms with E-state index in [1.807, 2.05) is 24.3 Å². The smallest absolute Gasteiger partial charge is 0.189 e. The molecule has 1 aliphatic heterocycles. The third-order valence-electron chi connectivity index (χ3n) is 3.72. The zero-order valence-corrected chi connectivity index (χ0v) is 12.5. The molecule has 0 aromatic heterocycles. The standard InChI is InChI=1S/C19H17NO3/c21-16-8-9-17(19(23)13-16)18(22)10-5-14-3-6-15(7-4-14)20-11-1-2-12-20/h1,3-11,13,21,23H,2,12H2/b10-5+. The molecular formula is C19H17NO3. The van der Waals surface area contributed by atoms with Gasteiger partial charge in [-0.2, -0.15) is 0 Å². The summed E-state index contributed by atoms with van der Waals surface area (Å²) < 4.78 is 0. The monoisotopic (exact) mass is 307 g/mol. The van der Waals surface area contributed by atoms with Gasteiger partial charge in [0.15, 0.2) is 5.78 Å². The van der Waals surface area contributed by atoms with E-state index in [9.17, 15) is 15.0 Å². The molecule has 23 heavy (non-hydrogen) atoms. The molecule has 116 valence electrons. The van der Waals surface area contributed by atoms with Crippen LogP contribution in [0.1, 0.15) is 22.3 Å². The number of benzene rings is 2. The Labute approximate surface area is 134 Å². The fraction of sp³-hybridized carbons (Fsp3) is 0.105. The van der Waals surface area contributed by atoms with Crippen LogP contribution in [0, 0.1) is 0 Å². The summed E-state index contributed by atoms with van der Waals surface area (Å²) >= 11 is 0. The second kappa shape index (κ2) is 6.40. The molecule has 0 saturated carbocycles. The summed E-state index contributed by atoms with van der Waals surface area (Å²) in [5.74, 6) is -0.612. The lowest BCUT2D eigenvalue weighted by molar-refractivity contribution is 0.104. The van der Waals surface area contributed by atoms with Crippen LogP contribution in [0.25, 0.3) is 6.08 Å². The first-order valence-corrected chi connectivity index (χ1v) is 7.41. The Morgan fingerprint density at radius 3 is 2.52 bits per heavy atom. The lowest BCUT2D eigenvalue weighted by Crippen LogP contribution is -2.11. The van der Waals surface area contributed by atoms with Gasteiger partial charge in [0, 0.05) is 24.5 Å². The summed E-state index contributed by atoms with van der Waals surface area (Å²) in [6, 6.07) is 11.8. The normalized spacial score (nSPS) is 13.8. The molecule has 1 heterocycles. The van der Waals surface area contributed by atoms with Crippen molar-refractivity contribution in [2.45, 2.75) is 6.42 Å². The summed E-state index contributed by atoms with van der Waals surface area (Å²) in [5, 5.41) is 18.9. The highest BCUT2D eigenvalue weighted by atomic mass is 16.3. The van der Waals surface area contributed by atoms with Crippen LogP contribution in [0.2, 0.25) is 0 Å². The molecule has 1 aliphatic rings. The Hall–Kier alpha value is -3.01. The first kappa shape index (κ1) is 14.9. The van der Waals surface area contributed by atoms with Gasteiger partial charge < -0.3 is 15.1 Å². The number of rotatable bonds is 4. The van der Waals surface area contributed by atoms with E-state index in [-0.39, 0.29) is 22.8 Å². The van der Waals surface area contributed by atoms with Crippen molar-refractivity contribution < 1.29 is 15.0 Å². The maximum atomic E-state index is 12.1. The molecule has 0 fully saturated rings. The maximum absolute atomic E-state index is 12.1. The topological polar surface area (TPSA) is 60.8 Å². The van der Waals surface area contributed by atoms with Crippen molar-refractivity contribution in [3.8, 4) is 11.5 Å². The van der Waals surface area contributed by atoms with E-state index in [2.05, 4.69) is 17.2 Å². The van der Waals surface area contributed by atoms with Gasteiger partial charge in [0.05, 0.1) is 5.56 Å². The summed E-state index contributed by atoms with van der Waals surface area (Å²) in [4.78, 5) is 14.3. The lowest BCUT2D eigenvalue weighted by Gasteiger charge is -2.15. The minimum atomic E-state index is -0.311. The SMILES string of the molecule is O=C(/C=C/c1ccc(N2C=CCC2)cc1)c1ccc(O)cc1O. The Morgan fingerprint density at radius 1 is 1.09 bits per heavy atom. The molecule has 3 rings (SSSR count). The van der Waals surface area contributed by atoms with Gasteiger partial charge in [-0.1, -0.05) is 24.3 Å². The van der Waals surface area contributed by atoms with Gasteiger partial charge in [0.25, 0.3) is 0 Å². The van der Waals surface area contributed by atoms with E-state index < -0.39 is 0 Å². The van der Waals surface area contributed by atoms with Crippen molar-refractivity contribution in [3.05, 3.63) is 71.9 Å². The van der Waals surface area contributed by atoms with E-state index in [0.717, 1.165) is 30.3 Å². The van der Waals surface area contributed by atoms with Crippen molar-refractivity contribution in [3.63, 3.8) is 0 Å². The third-order valence-corrected chi connectivity index (χ3v) is 3.72. The molecule has 0 bridgehead atoms. The number of allylic oxidation sites excluding steroid dienone is 1. The molecule has 4 nitrogen and oxygen atoms in total. The van der Waals surface area contributed by atoms with E-state index in [1.165, 1.54) is 18.2 Å². The van der Waals surface area contributed by atoms with Crippen LogP contribution in [-0.2, 0) is 0 Å². The number of carbonyl (C=O) groups excluding carboxylic acids is 1. The molecule has 0 saturated heterocycles. The van der Waals surface area contributed by atoms with Crippen LogP contribution in [0.15, 0.2) is 60.8 Å². The molecule has 2 aromatic rings. The molecule has 0 atom stereocenters. The Bertz CT molecular complexity index is 776. The molecule has 0 radical (unpaired) electrons. The van der Waals surface area contributed by atoms with Crippen molar-refractivity contribution in [2.75, 3.05) is 11.4 Å². The van der Waals surface area contributed by atoms with Crippen LogP contribution in [-0.4, -0.2) is 22.5 Å². The summed E-state index contributed by atoms with van der Waals surface area (Å²) in [6.07, 6.45) is 8.39. The van der Waals surface area contributed by atoms with Crippen LogP contribution in [0.5, 0.6) is 11.5 Å². The minimum absolute atomic E-state index is 0.0745. The number of hydrogen-bond acceptors (Lipinski definition) is 4. The number of anilines is 1. The maximum Gasteiger partial charge on any atom is 0.189 e. The highest BCUT2D eigenvalue weighted by Gasteiger charge is 2.09. The fourth-order valence-corrected chi connectivity index (χ4v) is 2.47. The Morgan fingerprint density at radius 2 is 1.87 bits per heavy atom. The molecule has 4 heteroatoms. The number of ketones is 1. The Balaban J connectivity index is 1.71. The van der Waals surface area contributed by atoms with E-state index in [4.69, 9.17) is 0 Å². The number of phenols is 2. The van der Waals surface area contributed by atoms with E-state index >= 15 is 0 Å². The second-order valence-corrected chi connectivity index (χ2v) is 5.36. The van der Waals surface area contributed by atoms with Crippen molar-refractivity contribution in [1.82, 2.24) is 0 Å². The molecule has 2 aromatic carbocycles. The highest BCUT2D eigenvalue weighted by Crippen LogP contribution is 2.24. The van der Waals surface area contributed by atoms with Crippen molar-refractivity contribution >= 4 is 17.5 Å². The number of nitrogens with zero attached hydrogens (tertiary/aromatic N) is 1. The minimum Gasteiger partial charge on any atom is -0.508 e. The quantitative estimate of drug-likeness (QED) is 0.667. The molecule has 0 unspecified atom stereocenters. The largest absolute Gasteiger partial charge is 0.508 e. The third kappa shape index (κ3) is 3.43. The van der Waals surface area contributed by atoms with Gasteiger partial charge in [-0.15, -0.1) is 0 Å². The van der Waals surface area contributed by atoms with Crippen LogP contribution in [0.4, 0.5) is 5.69 Å². The van der Waals surface area contributed by atoms with Gasteiger partial charge in [-0.3, -0.25) is 4.79 Å². The first-order valence-electron chi connectivity index (χ1n) is 7.41. The average molecular weight is 307 g/mol. The number of carbonyl (C=O) groups is 1. The number of hydrogen-bond donors (Lipinski definition) is 2. The fourth-order valence-electron chi connectivity index (χ4n) is 2.47. The predicted octanol–water partition coefficient (Wildman–Crippen LogP) is 3.72. The van der Waals surface area contributed by atoms with Crippen LogP contribution in [0.3, 0.4) is 0 Å². The van der Waals surface area contributed by atoms with Crippen molar-refractivity contribution in [2.24, 2.45) is 0 Å². The molecular weight excluding hydrogens is 290 g/mol. The van der Waals surface area contributed by atoms with Gasteiger partial charge in [-0.05, 0) is 42.3 Å². The zero-order chi connectivity index (χ0) is 16.2. The number of aromatic hydroxyl groups is 2. The summed E-state index contributed by atoms with van der Waals surface area (Å²) in [7, 11) is 0. The average Bonchev–Trinajstić information content (AvgIpc) is 3.07. The Kier molecular flexibility index (Phi) is 4.15. The number of phenolic OH excluding ortho intramolecular Hbond substituents is 2.